The van der Waals surface area contributed by atoms with E-state index < -0.39 is 0 Å². The van der Waals surface area contributed by atoms with Crippen molar-refractivity contribution in [2.24, 2.45) is 0 Å². The molecule has 108 valence electrons. The second kappa shape index (κ2) is 8.19. The normalized spacial score (nSPS) is 10.0. The Morgan fingerprint density at radius 1 is 1.14 bits per heavy atom. The summed E-state index contributed by atoms with van der Waals surface area (Å²) in [5.74, 6) is -0.111. The van der Waals surface area contributed by atoms with E-state index in [0.717, 1.165) is 15.9 Å². The van der Waals surface area contributed by atoms with Gasteiger partial charge in [0.2, 0.25) is 0 Å². The number of anilines is 1. The Hall–Kier alpha value is -0.764. The van der Waals surface area contributed by atoms with Gasteiger partial charge in [-0.3, -0.25) is 4.79 Å². The van der Waals surface area contributed by atoms with Crippen molar-refractivity contribution in [3.8, 4) is 5.19 Å². The fourth-order valence-corrected chi connectivity index (χ4v) is 2.74. The molecule has 0 spiro atoms. The van der Waals surface area contributed by atoms with Gasteiger partial charge in [0.15, 0.2) is 6.61 Å². The van der Waals surface area contributed by atoms with Gasteiger partial charge in [-0.1, -0.05) is 41.7 Å². The standard InChI is InChI=1S/C16H14N2O2S.K.H/c1-18(12-7-3-2-4-8-12)15(19)11-20-16-17-13-9-5-6-10-14(13)21-16;;/h2-10H,11H2,1H3;;. The van der Waals surface area contributed by atoms with E-state index >= 15 is 0 Å². The number of ether oxygens (including phenoxy) is 1. The average Bonchev–Trinajstić information content (AvgIpc) is 2.95. The van der Waals surface area contributed by atoms with Gasteiger partial charge < -0.3 is 9.64 Å². The third-order valence-electron chi connectivity index (χ3n) is 3.11. The number of hydrogen-bond donors (Lipinski definition) is 0. The molecule has 0 radical (unpaired) electrons. The van der Waals surface area contributed by atoms with Gasteiger partial charge >= 0.3 is 51.4 Å². The minimum atomic E-state index is -0.111. The summed E-state index contributed by atoms with van der Waals surface area (Å²) in [5, 5.41) is 0.519. The molecule has 2 aromatic carbocycles. The molecular formula is C16H15KN2O2S. The van der Waals surface area contributed by atoms with Crippen LogP contribution in [0, 0.1) is 0 Å². The van der Waals surface area contributed by atoms with Crippen LogP contribution in [0.25, 0.3) is 10.2 Å². The van der Waals surface area contributed by atoms with Crippen LogP contribution in [0.3, 0.4) is 0 Å². The molecule has 0 unspecified atom stereocenters. The van der Waals surface area contributed by atoms with Gasteiger partial charge in [-0.25, -0.2) is 4.98 Å². The average molecular weight is 338 g/mol. The Morgan fingerprint density at radius 2 is 1.82 bits per heavy atom. The molecule has 0 N–H and O–H groups in total. The van der Waals surface area contributed by atoms with Gasteiger partial charge in [0.05, 0.1) is 10.2 Å². The molecule has 0 aliphatic heterocycles. The first-order valence-corrected chi connectivity index (χ1v) is 7.35. The maximum absolute atomic E-state index is 12.1. The number of benzene rings is 2. The summed E-state index contributed by atoms with van der Waals surface area (Å²) in [6.07, 6.45) is 0. The second-order valence-corrected chi connectivity index (χ2v) is 5.52. The van der Waals surface area contributed by atoms with Crippen LogP contribution in [0.2, 0.25) is 0 Å². The van der Waals surface area contributed by atoms with Crippen LogP contribution in [-0.2, 0) is 4.79 Å². The number of rotatable bonds is 4. The number of hydrogen-bond acceptors (Lipinski definition) is 4. The molecule has 4 nitrogen and oxygen atoms in total. The molecule has 1 aromatic heterocycles. The molecule has 0 saturated heterocycles. The van der Waals surface area contributed by atoms with Crippen molar-refractivity contribution < 1.29 is 9.53 Å². The van der Waals surface area contributed by atoms with Crippen LogP contribution in [-0.4, -0.2) is 75.9 Å². The van der Waals surface area contributed by atoms with Gasteiger partial charge in [0.25, 0.3) is 11.1 Å². The third-order valence-corrected chi connectivity index (χ3v) is 4.06. The van der Waals surface area contributed by atoms with Crippen molar-refractivity contribution >= 4 is 84.5 Å². The molecule has 0 bridgehead atoms. The number of amides is 1. The van der Waals surface area contributed by atoms with Crippen LogP contribution in [0.4, 0.5) is 5.69 Å². The van der Waals surface area contributed by atoms with E-state index in [-0.39, 0.29) is 63.9 Å². The Bertz CT molecular complexity index is 728. The van der Waals surface area contributed by atoms with Gasteiger partial charge in [0.1, 0.15) is 0 Å². The van der Waals surface area contributed by atoms with Crippen molar-refractivity contribution in [2.45, 2.75) is 0 Å². The fourth-order valence-electron chi connectivity index (χ4n) is 1.93. The van der Waals surface area contributed by atoms with Crippen LogP contribution in [0.5, 0.6) is 5.19 Å². The fraction of sp³-hybridized carbons (Fsp3) is 0.125. The zero-order valence-corrected chi connectivity index (χ0v) is 12.3. The molecule has 1 amide bonds. The molecule has 3 aromatic rings. The van der Waals surface area contributed by atoms with Crippen LogP contribution >= 0.6 is 11.3 Å². The van der Waals surface area contributed by atoms with Crippen molar-refractivity contribution in [3.05, 3.63) is 54.6 Å². The van der Waals surface area contributed by atoms with Crippen molar-refractivity contribution in [2.75, 3.05) is 18.6 Å². The summed E-state index contributed by atoms with van der Waals surface area (Å²) < 4.78 is 6.56. The van der Waals surface area contributed by atoms with Gasteiger partial charge in [-0.15, -0.1) is 0 Å². The maximum atomic E-state index is 12.1. The number of thiazole rings is 1. The number of aromatic nitrogens is 1. The zero-order valence-electron chi connectivity index (χ0n) is 11.5. The summed E-state index contributed by atoms with van der Waals surface area (Å²) in [4.78, 5) is 18.0. The predicted octanol–water partition coefficient (Wildman–Crippen LogP) is 2.69. The molecule has 22 heavy (non-hydrogen) atoms. The zero-order chi connectivity index (χ0) is 14.7. The van der Waals surface area contributed by atoms with Crippen LogP contribution in [0.15, 0.2) is 54.6 Å². The van der Waals surface area contributed by atoms with E-state index in [4.69, 9.17) is 4.74 Å². The van der Waals surface area contributed by atoms with Crippen LogP contribution < -0.4 is 9.64 Å². The summed E-state index contributed by atoms with van der Waals surface area (Å²) in [6, 6.07) is 17.3. The molecule has 0 saturated carbocycles. The minimum absolute atomic E-state index is 0. The molecule has 3 rings (SSSR count). The summed E-state index contributed by atoms with van der Waals surface area (Å²) in [7, 11) is 1.74. The van der Waals surface area contributed by atoms with E-state index in [0.29, 0.717) is 5.19 Å². The first-order valence-electron chi connectivity index (χ1n) is 6.54. The molecule has 0 aliphatic carbocycles. The molecular weight excluding hydrogens is 323 g/mol. The Labute approximate surface area is 175 Å². The van der Waals surface area contributed by atoms with Crippen molar-refractivity contribution in [1.82, 2.24) is 4.98 Å². The Kier molecular flexibility index (Phi) is 6.55. The van der Waals surface area contributed by atoms with Crippen LogP contribution in [0.1, 0.15) is 0 Å². The topological polar surface area (TPSA) is 42.4 Å². The second-order valence-electron chi connectivity index (χ2n) is 4.52. The molecule has 0 fully saturated rings. The van der Waals surface area contributed by atoms with Crippen molar-refractivity contribution in [1.29, 1.82) is 0 Å². The van der Waals surface area contributed by atoms with E-state index in [1.54, 1.807) is 11.9 Å². The Morgan fingerprint density at radius 3 is 2.55 bits per heavy atom. The summed E-state index contributed by atoms with van der Waals surface area (Å²) >= 11 is 1.44. The number of nitrogens with zero attached hydrogens (tertiary/aromatic N) is 2. The SMILES string of the molecule is CN(C(=O)COc1nc2ccccc2s1)c1ccccc1.[KH]. The van der Waals surface area contributed by atoms with Gasteiger partial charge in [0, 0.05) is 12.7 Å². The first-order chi connectivity index (χ1) is 10.2. The molecule has 0 atom stereocenters. The number of fused-ring (bicyclic) bond motifs is 1. The van der Waals surface area contributed by atoms with Crippen molar-refractivity contribution in [3.63, 3.8) is 0 Å². The van der Waals surface area contributed by atoms with E-state index in [9.17, 15) is 4.79 Å². The predicted molar refractivity (Wildman–Crippen MR) is 92.1 cm³/mol. The van der Waals surface area contributed by atoms with E-state index in [1.165, 1.54) is 11.3 Å². The monoisotopic (exact) mass is 338 g/mol. The Balaban J connectivity index is 0.00000176. The number of para-hydroxylation sites is 2. The number of carbonyl (C=O) groups is 1. The van der Waals surface area contributed by atoms with E-state index in [2.05, 4.69) is 4.98 Å². The van der Waals surface area contributed by atoms with E-state index in [1.807, 2.05) is 54.6 Å². The van der Waals surface area contributed by atoms with Gasteiger partial charge in [-0.05, 0) is 24.3 Å². The van der Waals surface area contributed by atoms with Gasteiger partial charge in [-0.2, -0.15) is 0 Å². The summed E-state index contributed by atoms with van der Waals surface area (Å²) in [5.41, 5.74) is 1.73. The molecule has 6 heteroatoms. The molecule has 1 heterocycles. The first kappa shape index (κ1) is 17.6. The quantitative estimate of drug-likeness (QED) is 0.687. The third kappa shape index (κ3) is 4.16. The number of likely N-dealkylation sites (N-methyl/N-ethyl adjacent to an activating group) is 1. The summed E-state index contributed by atoms with van der Waals surface area (Å²) in [6.45, 7) is -0.0226. The number of carbonyl (C=O) groups excluding carboxylic acids is 1. The molecule has 0 aliphatic rings.